The smallest absolute Gasteiger partial charge is 0.255 e. The van der Waals surface area contributed by atoms with Gasteiger partial charge in [0.15, 0.2) is 0 Å². The fourth-order valence-electron chi connectivity index (χ4n) is 3.34. The number of hydrogen-bond acceptors (Lipinski definition) is 3. The van der Waals surface area contributed by atoms with E-state index in [1.807, 2.05) is 24.0 Å². The van der Waals surface area contributed by atoms with E-state index in [9.17, 15) is 9.59 Å². The second-order valence-corrected chi connectivity index (χ2v) is 7.12. The third-order valence-corrected chi connectivity index (χ3v) is 4.83. The van der Waals surface area contributed by atoms with Gasteiger partial charge in [0.05, 0.1) is 6.61 Å². The summed E-state index contributed by atoms with van der Waals surface area (Å²) in [6.45, 7) is 4.27. The molecule has 0 unspecified atom stereocenters. The highest BCUT2D eigenvalue weighted by molar-refractivity contribution is 6.05. The predicted molar refractivity (Wildman–Crippen MR) is 111 cm³/mol. The second kappa shape index (κ2) is 9.93. The molecule has 1 saturated heterocycles. The van der Waals surface area contributed by atoms with Gasteiger partial charge in [-0.2, -0.15) is 0 Å². The van der Waals surface area contributed by atoms with Crippen LogP contribution in [0.2, 0.25) is 0 Å². The van der Waals surface area contributed by atoms with Gasteiger partial charge in [0.1, 0.15) is 5.75 Å². The molecule has 1 N–H and O–H groups in total. The van der Waals surface area contributed by atoms with Crippen molar-refractivity contribution in [3.8, 4) is 5.75 Å². The van der Waals surface area contributed by atoms with Crippen LogP contribution in [0.15, 0.2) is 48.5 Å². The monoisotopic (exact) mass is 380 g/mol. The Morgan fingerprint density at radius 1 is 0.964 bits per heavy atom. The van der Waals surface area contributed by atoms with E-state index in [0.717, 1.165) is 32.4 Å². The minimum Gasteiger partial charge on any atom is -0.494 e. The Morgan fingerprint density at radius 3 is 2.43 bits per heavy atom. The molecule has 28 heavy (non-hydrogen) atoms. The van der Waals surface area contributed by atoms with Gasteiger partial charge < -0.3 is 15.0 Å². The summed E-state index contributed by atoms with van der Waals surface area (Å²) < 4.78 is 5.59. The highest BCUT2D eigenvalue weighted by atomic mass is 16.5. The number of amides is 2. The molecule has 1 aliphatic rings. The van der Waals surface area contributed by atoms with Crippen molar-refractivity contribution in [3.63, 3.8) is 0 Å². The Balaban J connectivity index is 1.68. The third-order valence-electron chi connectivity index (χ3n) is 4.83. The standard InChI is InChI=1S/C23H28N2O3/c1-2-15-28-21-12-8-9-18(17-21)22(26)24-20-11-7-10-19(16-20)23(27)25-13-5-3-4-6-14-25/h7-12,16-17H,2-6,13-15H2,1H3,(H,24,26). The van der Waals surface area contributed by atoms with Crippen molar-refractivity contribution < 1.29 is 14.3 Å². The topological polar surface area (TPSA) is 58.6 Å². The molecule has 0 atom stereocenters. The zero-order valence-corrected chi connectivity index (χ0v) is 16.4. The van der Waals surface area contributed by atoms with Crippen molar-refractivity contribution in [1.29, 1.82) is 0 Å². The molecule has 3 rings (SSSR count). The Morgan fingerprint density at radius 2 is 1.68 bits per heavy atom. The molecule has 5 heteroatoms. The lowest BCUT2D eigenvalue weighted by Gasteiger charge is -2.20. The van der Waals surface area contributed by atoms with Gasteiger partial charge in [-0.25, -0.2) is 0 Å². The molecule has 0 bridgehead atoms. The Bertz CT molecular complexity index is 811. The average molecular weight is 380 g/mol. The van der Waals surface area contributed by atoms with Crippen LogP contribution in [0, 0.1) is 0 Å². The normalized spacial score (nSPS) is 14.2. The number of ether oxygens (including phenoxy) is 1. The van der Waals surface area contributed by atoms with Crippen LogP contribution in [-0.4, -0.2) is 36.4 Å². The van der Waals surface area contributed by atoms with Gasteiger partial charge in [-0.05, 0) is 55.7 Å². The van der Waals surface area contributed by atoms with Crippen molar-refractivity contribution in [2.24, 2.45) is 0 Å². The molecule has 0 spiro atoms. The molecule has 0 radical (unpaired) electrons. The van der Waals surface area contributed by atoms with Gasteiger partial charge in [0.25, 0.3) is 11.8 Å². The maximum Gasteiger partial charge on any atom is 0.255 e. The molecule has 148 valence electrons. The molecule has 2 aromatic rings. The van der Waals surface area contributed by atoms with Gasteiger partial charge in [0, 0.05) is 29.9 Å². The van der Waals surface area contributed by atoms with Crippen molar-refractivity contribution >= 4 is 17.5 Å². The van der Waals surface area contributed by atoms with Crippen molar-refractivity contribution in [2.75, 3.05) is 25.0 Å². The highest BCUT2D eigenvalue weighted by Gasteiger charge is 2.18. The van der Waals surface area contributed by atoms with Crippen molar-refractivity contribution in [3.05, 3.63) is 59.7 Å². The fourth-order valence-corrected chi connectivity index (χ4v) is 3.34. The Kier molecular flexibility index (Phi) is 7.06. The predicted octanol–water partition coefficient (Wildman–Crippen LogP) is 4.74. The quantitative estimate of drug-likeness (QED) is 0.787. The first-order chi connectivity index (χ1) is 13.7. The van der Waals surface area contributed by atoms with Crippen molar-refractivity contribution in [1.82, 2.24) is 4.90 Å². The molecule has 2 amide bonds. The maximum atomic E-state index is 12.8. The first-order valence-corrected chi connectivity index (χ1v) is 10.1. The molecule has 0 aliphatic carbocycles. The molecule has 1 heterocycles. The molecule has 1 aliphatic heterocycles. The molecule has 5 nitrogen and oxygen atoms in total. The summed E-state index contributed by atoms with van der Waals surface area (Å²) >= 11 is 0. The summed E-state index contributed by atoms with van der Waals surface area (Å²) in [6, 6.07) is 14.3. The van der Waals surface area contributed by atoms with Crippen LogP contribution in [0.4, 0.5) is 5.69 Å². The summed E-state index contributed by atoms with van der Waals surface area (Å²) in [5.74, 6) is 0.494. The van der Waals surface area contributed by atoms with Crippen LogP contribution in [0.3, 0.4) is 0 Å². The number of carbonyl (C=O) groups excluding carboxylic acids is 2. The number of rotatable bonds is 6. The number of likely N-dealkylation sites (tertiary alicyclic amines) is 1. The van der Waals surface area contributed by atoms with Crippen LogP contribution in [-0.2, 0) is 0 Å². The fraction of sp³-hybridized carbons (Fsp3) is 0.391. The third kappa shape index (κ3) is 5.35. The number of nitrogens with zero attached hydrogens (tertiary/aromatic N) is 1. The van der Waals surface area contributed by atoms with Gasteiger partial charge in [0.2, 0.25) is 0 Å². The number of nitrogens with one attached hydrogen (secondary N) is 1. The molecular formula is C23H28N2O3. The molecule has 0 saturated carbocycles. The van der Waals surface area contributed by atoms with Crippen molar-refractivity contribution in [2.45, 2.75) is 39.0 Å². The summed E-state index contributed by atoms with van der Waals surface area (Å²) in [5.41, 5.74) is 1.75. The number of benzene rings is 2. The van der Waals surface area contributed by atoms with Gasteiger partial charge in [-0.3, -0.25) is 9.59 Å². The summed E-state index contributed by atoms with van der Waals surface area (Å²) in [4.78, 5) is 27.3. The molecule has 1 fully saturated rings. The van der Waals surface area contributed by atoms with E-state index in [1.165, 1.54) is 12.8 Å². The van der Waals surface area contributed by atoms with E-state index in [0.29, 0.717) is 29.2 Å². The van der Waals surface area contributed by atoms with E-state index in [4.69, 9.17) is 4.74 Å². The number of hydrogen-bond donors (Lipinski definition) is 1. The van der Waals surface area contributed by atoms with Crippen LogP contribution < -0.4 is 10.1 Å². The average Bonchev–Trinajstić information content (AvgIpc) is 3.01. The number of anilines is 1. The SMILES string of the molecule is CCCOc1cccc(C(=O)Nc2cccc(C(=O)N3CCCCCC3)c2)c1. The maximum absolute atomic E-state index is 12.8. The summed E-state index contributed by atoms with van der Waals surface area (Å²) in [5, 5.41) is 2.89. The van der Waals surface area contributed by atoms with Crippen LogP contribution in [0.25, 0.3) is 0 Å². The van der Waals surface area contributed by atoms with E-state index in [2.05, 4.69) is 5.32 Å². The lowest BCUT2D eigenvalue weighted by molar-refractivity contribution is 0.0761. The van der Waals surface area contributed by atoms with Crippen LogP contribution in [0.1, 0.15) is 59.7 Å². The van der Waals surface area contributed by atoms with E-state index in [1.54, 1.807) is 36.4 Å². The van der Waals surface area contributed by atoms with E-state index >= 15 is 0 Å². The lowest BCUT2D eigenvalue weighted by atomic mass is 10.1. The first-order valence-electron chi connectivity index (χ1n) is 10.1. The number of carbonyl (C=O) groups is 2. The minimum atomic E-state index is -0.221. The van der Waals surface area contributed by atoms with E-state index < -0.39 is 0 Å². The Labute approximate surface area is 166 Å². The largest absolute Gasteiger partial charge is 0.494 e. The molecule has 2 aromatic carbocycles. The zero-order valence-electron chi connectivity index (χ0n) is 16.4. The molecular weight excluding hydrogens is 352 g/mol. The first kappa shape index (κ1) is 19.9. The van der Waals surface area contributed by atoms with Crippen LogP contribution in [0.5, 0.6) is 5.75 Å². The minimum absolute atomic E-state index is 0.0351. The van der Waals surface area contributed by atoms with Gasteiger partial charge in [-0.15, -0.1) is 0 Å². The van der Waals surface area contributed by atoms with Gasteiger partial charge >= 0.3 is 0 Å². The zero-order chi connectivity index (χ0) is 19.8. The van der Waals surface area contributed by atoms with Crippen LogP contribution >= 0.6 is 0 Å². The van der Waals surface area contributed by atoms with E-state index in [-0.39, 0.29) is 11.8 Å². The van der Waals surface area contributed by atoms with Gasteiger partial charge in [-0.1, -0.05) is 31.9 Å². The summed E-state index contributed by atoms with van der Waals surface area (Å²) in [7, 11) is 0. The Hall–Kier alpha value is -2.82. The second-order valence-electron chi connectivity index (χ2n) is 7.12. The lowest BCUT2D eigenvalue weighted by Crippen LogP contribution is -2.31. The summed E-state index contributed by atoms with van der Waals surface area (Å²) in [6.07, 6.45) is 5.38. The molecule has 0 aromatic heterocycles. The highest BCUT2D eigenvalue weighted by Crippen LogP contribution is 2.18.